The highest BCUT2D eigenvalue weighted by molar-refractivity contribution is 5.83. The summed E-state index contributed by atoms with van der Waals surface area (Å²) in [6.45, 7) is 3.65. The van der Waals surface area contributed by atoms with E-state index in [-0.39, 0.29) is 5.91 Å². The molecule has 2 N–H and O–H groups in total. The first-order valence-electron chi connectivity index (χ1n) is 7.16. The molecule has 0 unspecified atom stereocenters. The number of hydrazone groups is 1. The van der Waals surface area contributed by atoms with Crippen LogP contribution in [0.2, 0.25) is 0 Å². The first-order chi connectivity index (χ1) is 10.1. The predicted molar refractivity (Wildman–Crippen MR) is 82.9 cm³/mol. The van der Waals surface area contributed by atoms with E-state index >= 15 is 0 Å². The molecule has 0 saturated carbocycles. The summed E-state index contributed by atoms with van der Waals surface area (Å²) in [7, 11) is 3.99. The Labute approximate surface area is 125 Å². The third-order valence-electron chi connectivity index (χ3n) is 3.42. The minimum absolute atomic E-state index is 0.0620. The van der Waals surface area contributed by atoms with E-state index in [0.717, 1.165) is 37.6 Å². The van der Waals surface area contributed by atoms with Gasteiger partial charge in [-0.25, -0.2) is 5.43 Å². The van der Waals surface area contributed by atoms with Crippen molar-refractivity contribution in [2.75, 3.05) is 51.8 Å². The van der Waals surface area contributed by atoms with Crippen LogP contribution in [0.5, 0.6) is 0 Å². The van der Waals surface area contributed by atoms with Crippen LogP contribution in [0.25, 0.3) is 0 Å². The second-order valence-corrected chi connectivity index (χ2v) is 5.32. The average molecular weight is 291 g/mol. The molecule has 114 valence electrons. The van der Waals surface area contributed by atoms with Crippen LogP contribution in [0.1, 0.15) is 5.56 Å². The lowest BCUT2D eigenvalue weighted by molar-refractivity contribution is -0.900. The van der Waals surface area contributed by atoms with Gasteiger partial charge in [-0.1, -0.05) is 12.1 Å². The van der Waals surface area contributed by atoms with Crippen LogP contribution in [-0.4, -0.2) is 59.1 Å². The predicted octanol–water partition coefficient (Wildman–Crippen LogP) is -0.882. The Morgan fingerprint density at radius 1 is 1.33 bits per heavy atom. The van der Waals surface area contributed by atoms with E-state index < -0.39 is 0 Å². The van der Waals surface area contributed by atoms with E-state index in [1.807, 2.05) is 43.3 Å². The molecule has 6 nitrogen and oxygen atoms in total. The highest BCUT2D eigenvalue weighted by Gasteiger charge is 2.16. The number of benzene rings is 1. The Morgan fingerprint density at radius 3 is 2.62 bits per heavy atom. The average Bonchev–Trinajstić information content (AvgIpc) is 2.49. The van der Waals surface area contributed by atoms with Gasteiger partial charge in [0, 0.05) is 19.8 Å². The Kier molecular flexibility index (Phi) is 5.71. The minimum Gasteiger partial charge on any atom is -0.378 e. The topological polar surface area (TPSA) is 58.4 Å². The van der Waals surface area contributed by atoms with E-state index in [4.69, 9.17) is 4.74 Å². The second kappa shape index (κ2) is 7.75. The van der Waals surface area contributed by atoms with Crippen molar-refractivity contribution in [2.45, 2.75) is 0 Å². The zero-order chi connectivity index (χ0) is 15.1. The van der Waals surface area contributed by atoms with E-state index in [1.54, 1.807) is 6.21 Å². The molecule has 1 aromatic rings. The van der Waals surface area contributed by atoms with Gasteiger partial charge >= 0.3 is 0 Å². The summed E-state index contributed by atoms with van der Waals surface area (Å²) in [6.07, 6.45) is 1.66. The van der Waals surface area contributed by atoms with Gasteiger partial charge in [0.2, 0.25) is 0 Å². The van der Waals surface area contributed by atoms with Crippen molar-refractivity contribution < 1.29 is 14.4 Å². The van der Waals surface area contributed by atoms with Crippen molar-refractivity contribution >= 4 is 17.8 Å². The molecule has 0 radical (unpaired) electrons. The number of anilines is 1. The highest BCUT2D eigenvalue weighted by atomic mass is 16.5. The highest BCUT2D eigenvalue weighted by Crippen LogP contribution is 2.10. The number of nitrogens with one attached hydrogen (secondary N) is 2. The lowest BCUT2D eigenvalue weighted by atomic mass is 10.2. The number of ether oxygens (including phenoxy) is 1. The SMILES string of the molecule is CN(C)c1ccc(C=NNC(=O)C[NH+]2CCOCC2)cc1. The standard InChI is InChI=1S/C15H22N4O2/c1-18(2)14-5-3-13(4-6-14)11-16-17-15(20)12-19-7-9-21-10-8-19/h3-6,11H,7-10,12H2,1-2H3,(H,17,20)/p+1. The third kappa shape index (κ3) is 5.17. The fourth-order valence-electron chi connectivity index (χ4n) is 2.14. The molecule has 0 atom stereocenters. The van der Waals surface area contributed by atoms with Gasteiger partial charge in [0.1, 0.15) is 13.1 Å². The van der Waals surface area contributed by atoms with Gasteiger partial charge in [0.15, 0.2) is 6.54 Å². The third-order valence-corrected chi connectivity index (χ3v) is 3.42. The fourth-order valence-corrected chi connectivity index (χ4v) is 2.14. The zero-order valence-electron chi connectivity index (χ0n) is 12.6. The number of carbonyl (C=O) groups is 1. The Balaban J connectivity index is 1.77. The first kappa shape index (κ1) is 15.5. The Morgan fingerprint density at radius 2 is 2.00 bits per heavy atom. The summed E-state index contributed by atoms with van der Waals surface area (Å²) in [4.78, 5) is 15.0. The maximum absolute atomic E-state index is 11.8. The normalized spacial score (nSPS) is 16.1. The van der Waals surface area contributed by atoms with Gasteiger partial charge in [-0.2, -0.15) is 5.10 Å². The fraction of sp³-hybridized carbons (Fsp3) is 0.467. The maximum Gasteiger partial charge on any atom is 0.295 e. The monoisotopic (exact) mass is 291 g/mol. The summed E-state index contributed by atoms with van der Waals surface area (Å²) in [6, 6.07) is 7.97. The number of quaternary nitrogens is 1. The van der Waals surface area contributed by atoms with Crippen molar-refractivity contribution in [3.63, 3.8) is 0 Å². The Bertz CT molecular complexity index is 479. The molecule has 1 aliphatic heterocycles. The molecular formula is C15H23N4O2+. The van der Waals surface area contributed by atoms with Crippen molar-refractivity contribution in [3.05, 3.63) is 29.8 Å². The summed E-state index contributed by atoms with van der Waals surface area (Å²) in [5, 5.41) is 4.00. The number of hydrogen-bond donors (Lipinski definition) is 2. The van der Waals surface area contributed by atoms with E-state index in [1.165, 1.54) is 4.90 Å². The smallest absolute Gasteiger partial charge is 0.295 e. The summed E-state index contributed by atoms with van der Waals surface area (Å²) in [5.74, 6) is -0.0620. The minimum atomic E-state index is -0.0620. The molecule has 0 aromatic heterocycles. The summed E-state index contributed by atoms with van der Waals surface area (Å²) >= 11 is 0. The lowest BCUT2D eigenvalue weighted by Gasteiger charge is -2.22. The first-order valence-corrected chi connectivity index (χ1v) is 7.16. The van der Waals surface area contributed by atoms with Crippen LogP contribution in [0, 0.1) is 0 Å². The summed E-state index contributed by atoms with van der Waals surface area (Å²) < 4.78 is 5.26. The summed E-state index contributed by atoms with van der Waals surface area (Å²) in [5.41, 5.74) is 4.66. The van der Waals surface area contributed by atoms with Crippen molar-refractivity contribution in [3.8, 4) is 0 Å². The van der Waals surface area contributed by atoms with Gasteiger partial charge in [-0.15, -0.1) is 0 Å². The van der Waals surface area contributed by atoms with Crippen LogP contribution in [0.4, 0.5) is 5.69 Å². The molecule has 1 fully saturated rings. The molecule has 21 heavy (non-hydrogen) atoms. The molecule has 1 amide bonds. The second-order valence-electron chi connectivity index (χ2n) is 5.32. The molecule has 0 spiro atoms. The van der Waals surface area contributed by atoms with Crippen molar-refractivity contribution in [1.82, 2.24) is 5.43 Å². The van der Waals surface area contributed by atoms with Crippen molar-refractivity contribution in [1.29, 1.82) is 0 Å². The van der Waals surface area contributed by atoms with Crippen LogP contribution in [0.15, 0.2) is 29.4 Å². The van der Waals surface area contributed by atoms with E-state index in [9.17, 15) is 4.79 Å². The van der Waals surface area contributed by atoms with E-state index in [0.29, 0.717) is 6.54 Å². The van der Waals surface area contributed by atoms with Gasteiger partial charge in [-0.3, -0.25) is 4.79 Å². The number of carbonyl (C=O) groups excluding carboxylic acids is 1. The Hall–Kier alpha value is -1.92. The maximum atomic E-state index is 11.8. The molecule has 1 aliphatic rings. The number of amides is 1. The quantitative estimate of drug-likeness (QED) is 0.547. The largest absolute Gasteiger partial charge is 0.378 e. The van der Waals surface area contributed by atoms with Crippen LogP contribution >= 0.6 is 0 Å². The molecule has 0 aliphatic carbocycles. The van der Waals surface area contributed by atoms with Crippen LogP contribution < -0.4 is 15.2 Å². The van der Waals surface area contributed by atoms with Crippen molar-refractivity contribution in [2.24, 2.45) is 5.10 Å². The molecule has 1 heterocycles. The molecule has 1 aromatic carbocycles. The lowest BCUT2D eigenvalue weighted by Crippen LogP contribution is -3.15. The number of morpholine rings is 1. The van der Waals surface area contributed by atoms with Gasteiger partial charge in [0.25, 0.3) is 5.91 Å². The molecule has 2 rings (SSSR count). The molecular weight excluding hydrogens is 268 g/mol. The number of rotatable bonds is 5. The molecule has 6 heteroatoms. The molecule has 0 bridgehead atoms. The van der Waals surface area contributed by atoms with Gasteiger partial charge in [0.05, 0.1) is 19.4 Å². The van der Waals surface area contributed by atoms with Crippen LogP contribution in [-0.2, 0) is 9.53 Å². The van der Waals surface area contributed by atoms with Gasteiger partial charge in [-0.05, 0) is 17.7 Å². The zero-order valence-corrected chi connectivity index (χ0v) is 12.6. The van der Waals surface area contributed by atoms with Gasteiger partial charge < -0.3 is 14.5 Å². The number of hydrogen-bond acceptors (Lipinski definition) is 4. The number of nitrogens with zero attached hydrogens (tertiary/aromatic N) is 2. The van der Waals surface area contributed by atoms with E-state index in [2.05, 4.69) is 10.5 Å². The van der Waals surface area contributed by atoms with Crippen LogP contribution in [0.3, 0.4) is 0 Å². The molecule has 1 saturated heterocycles.